The molecule has 0 aromatic heterocycles. The molecule has 0 spiro atoms. The zero-order chi connectivity index (χ0) is 24.0. The van der Waals surface area contributed by atoms with E-state index < -0.39 is 17.5 Å². The molecule has 2 atom stereocenters. The molecular weight excluding hydrogens is 424 g/mol. The van der Waals surface area contributed by atoms with Crippen molar-refractivity contribution >= 4 is 11.8 Å². The van der Waals surface area contributed by atoms with Crippen LogP contribution in [0.25, 0.3) is 0 Å². The van der Waals surface area contributed by atoms with Gasteiger partial charge in [0.25, 0.3) is 0 Å². The highest BCUT2D eigenvalue weighted by Crippen LogP contribution is 2.42. The molecule has 0 radical (unpaired) electrons. The number of ether oxygens (including phenoxy) is 5. The lowest BCUT2D eigenvalue weighted by Crippen LogP contribution is -2.43. The fourth-order valence-electron chi connectivity index (χ4n) is 3.95. The van der Waals surface area contributed by atoms with E-state index in [0.717, 1.165) is 11.1 Å². The molecule has 7 heteroatoms. The van der Waals surface area contributed by atoms with Gasteiger partial charge in [-0.25, -0.2) is 0 Å². The summed E-state index contributed by atoms with van der Waals surface area (Å²) in [6, 6.07) is 13.3. The van der Waals surface area contributed by atoms with Crippen LogP contribution in [0.1, 0.15) is 42.3 Å². The Bertz CT molecular complexity index is 963. The Hall–Kier alpha value is -2.90. The predicted octanol–water partition coefficient (Wildman–Crippen LogP) is 4.21. The van der Waals surface area contributed by atoms with Crippen LogP contribution in [-0.4, -0.2) is 45.0 Å². The van der Waals surface area contributed by atoms with Crippen molar-refractivity contribution in [3.8, 4) is 11.5 Å². The fraction of sp³-hybridized carbons (Fsp3) is 0.462. The van der Waals surface area contributed by atoms with E-state index in [1.807, 2.05) is 36.4 Å². The van der Waals surface area contributed by atoms with Gasteiger partial charge in [-0.1, -0.05) is 36.4 Å². The molecule has 0 heterocycles. The first-order valence-corrected chi connectivity index (χ1v) is 11.0. The van der Waals surface area contributed by atoms with E-state index in [-0.39, 0.29) is 31.7 Å². The molecule has 33 heavy (non-hydrogen) atoms. The van der Waals surface area contributed by atoms with E-state index >= 15 is 0 Å². The first kappa shape index (κ1) is 24.7. The van der Waals surface area contributed by atoms with Gasteiger partial charge < -0.3 is 23.7 Å². The third kappa shape index (κ3) is 6.12. The standard InChI is InChI=1S/C26H32O7/c1-26(2,3)33-25(28)22-19(15-31-16-29-4)13-18-11-12-20(30-5)24(21(18)23(22)27)32-14-17-9-7-6-8-10-17/h6-12,19,22H,13-16H2,1-5H3/t19-,22?/m0/s1. The molecule has 2 aromatic carbocycles. The van der Waals surface area contributed by atoms with Crippen LogP contribution < -0.4 is 9.47 Å². The van der Waals surface area contributed by atoms with Crippen LogP contribution in [0.3, 0.4) is 0 Å². The minimum absolute atomic E-state index is 0.0760. The number of carbonyl (C=O) groups excluding carboxylic acids is 2. The molecule has 0 N–H and O–H groups in total. The number of carbonyl (C=O) groups is 2. The summed E-state index contributed by atoms with van der Waals surface area (Å²) in [5.74, 6) is -1.53. The van der Waals surface area contributed by atoms with E-state index in [9.17, 15) is 9.59 Å². The van der Waals surface area contributed by atoms with Gasteiger partial charge in [0.1, 0.15) is 24.9 Å². The Morgan fingerprint density at radius 1 is 1.06 bits per heavy atom. The van der Waals surface area contributed by atoms with E-state index in [1.165, 1.54) is 14.2 Å². The van der Waals surface area contributed by atoms with Crippen LogP contribution in [-0.2, 0) is 32.0 Å². The third-order valence-electron chi connectivity index (χ3n) is 5.33. The molecule has 3 rings (SSSR count). The highest BCUT2D eigenvalue weighted by atomic mass is 16.7. The maximum absolute atomic E-state index is 13.8. The van der Waals surface area contributed by atoms with Crippen molar-refractivity contribution in [2.75, 3.05) is 27.6 Å². The summed E-state index contributed by atoms with van der Waals surface area (Å²) in [7, 11) is 3.05. The smallest absolute Gasteiger partial charge is 0.317 e. The van der Waals surface area contributed by atoms with Gasteiger partial charge in [0, 0.05) is 13.0 Å². The summed E-state index contributed by atoms with van der Waals surface area (Å²) >= 11 is 0. The molecule has 7 nitrogen and oxygen atoms in total. The topological polar surface area (TPSA) is 80.3 Å². The molecular formula is C26H32O7. The Labute approximate surface area is 194 Å². The number of rotatable bonds is 9. The molecule has 0 aliphatic heterocycles. The SMILES string of the molecule is COCOC[C@@H]1Cc2ccc(OC)c(OCc3ccccc3)c2C(=O)C1C(=O)OC(C)(C)C. The van der Waals surface area contributed by atoms with Crippen molar-refractivity contribution in [3.63, 3.8) is 0 Å². The number of benzene rings is 2. The number of esters is 1. The minimum atomic E-state index is -1.01. The number of hydrogen-bond donors (Lipinski definition) is 0. The van der Waals surface area contributed by atoms with E-state index in [0.29, 0.717) is 23.5 Å². The van der Waals surface area contributed by atoms with Gasteiger partial charge >= 0.3 is 5.97 Å². The zero-order valence-electron chi connectivity index (χ0n) is 19.9. The van der Waals surface area contributed by atoms with Crippen molar-refractivity contribution in [2.24, 2.45) is 11.8 Å². The van der Waals surface area contributed by atoms with Crippen molar-refractivity contribution in [2.45, 2.75) is 39.4 Å². The summed E-state index contributed by atoms with van der Waals surface area (Å²) < 4.78 is 27.7. The normalized spacial score (nSPS) is 17.9. The largest absolute Gasteiger partial charge is 0.493 e. The van der Waals surface area contributed by atoms with Gasteiger partial charge in [-0.2, -0.15) is 0 Å². The van der Waals surface area contributed by atoms with E-state index in [4.69, 9.17) is 23.7 Å². The van der Waals surface area contributed by atoms with Crippen molar-refractivity contribution in [1.82, 2.24) is 0 Å². The summed E-state index contributed by atoms with van der Waals surface area (Å²) in [5, 5.41) is 0. The second-order valence-electron chi connectivity index (χ2n) is 9.02. The van der Waals surface area contributed by atoms with Crippen molar-refractivity contribution in [3.05, 3.63) is 59.2 Å². The van der Waals surface area contributed by atoms with Gasteiger partial charge in [0.15, 0.2) is 17.3 Å². The average Bonchev–Trinajstić information content (AvgIpc) is 2.77. The maximum atomic E-state index is 13.8. The Kier molecular flexibility index (Phi) is 8.10. The second-order valence-corrected chi connectivity index (χ2v) is 9.02. The van der Waals surface area contributed by atoms with Gasteiger partial charge in [-0.05, 0) is 44.4 Å². The zero-order valence-corrected chi connectivity index (χ0v) is 19.9. The molecule has 0 bridgehead atoms. The summed E-state index contributed by atoms with van der Waals surface area (Å²) in [6.07, 6.45) is 0.459. The lowest BCUT2D eigenvalue weighted by molar-refractivity contribution is -0.161. The van der Waals surface area contributed by atoms with E-state index in [1.54, 1.807) is 26.8 Å². The Morgan fingerprint density at radius 3 is 2.42 bits per heavy atom. The second kappa shape index (κ2) is 10.8. The number of methoxy groups -OCH3 is 2. The van der Waals surface area contributed by atoms with Crippen molar-refractivity contribution < 1.29 is 33.3 Å². The maximum Gasteiger partial charge on any atom is 0.317 e. The first-order chi connectivity index (χ1) is 15.7. The lowest BCUT2D eigenvalue weighted by Gasteiger charge is -2.33. The van der Waals surface area contributed by atoms with E-state index in [2.05, 4.69) is 0 Å². The quantitative estimate of drug-likeness (QED) is 0.242. The molecule has 0 fully saturated rings. The van der Waals surface area contributed by atoms with Gasteiger partial charge in [0.05, 0.1) is 19.3 Å². The van der Waals surface area contributed by atoms with Crippen LogP contribution in [0.15, 0.2) is 42.5 Å². The molecule has 2 aromatic rings. The monoisotopic (exact) mass is 456 g/mol. The van der Waals surface area contributed by atoms with Crippen LogP contribution in [0.5, 0.6) is 11.5 Å². The molecule has 0 saturated heterocycles. The minimum Gasteiger partial charge on any atom is -0.493 e. The van der Waals surface area contributed by atoms with Crippen LogP contribution in [0.2, 0.25) is 0 Å². The first-order valence-electron chi connectivity index (χ1n) is 11.0. The average molecular weight is 457 g/mol. The third-order valence-corrected chi connectivity index (χ3v) is 5.33. The number of ketones is 1. The van der Waals surface area contributed by atoms with Crippen LogP contribution in [0, 0.1) is 11.8 Å². The number of hydrogen-bond acceptors (Lipinski definition) is 7. The summed E-state index contributed by atoms with van der Waals surface area (Å²) in [6.45, 7) is 5.86. The highest BCUT2D eigenvalue weighted by molar-refractivity contribution is 6.12. The van der Waals surface area contributed by atoms with Gasteiger partial charge in [0.2, 0.25) is 0 Å². The Morgan fingerprint density at radius 2 is 1.79 bits per heavy atom. The molecule has 1 aliphatic carbocycles. The number of fused-ring (bicyclic) bond motifs is 1. The van der Waals surface area contributed by atoms with Crippen LogP contribution in [0.4, 0.5) is 0 Å². The molecule has 0 saturated carbocycles. The molecule has 178 valence electrons. The highest BCUT2D eigenvalue weighted by Gasteiger charge is 2.44. The summed E-state index contributed by atoms with van der Waals surface area (Å²) in [5.41, 5.74) is 1.38. The Balaban J connectivity index is 1.98. The predicted molar refractivity (Wildman–Crippen MR) is 122 cm³/mol. The fourth-order valence-corrected chi connectivity index (χ4v) is 3.95. The molecule has 1 aliphatic rings. The van der Waals surface area contributed by atoms with Gasteiger partial charge in [-0.15, -0.1) is 0 Å². The lowest BCUT2D eigenvalue weighted by atomic mass is 9.74. The number of Topliss-reactive ketones (excluding diaryl/α,β-unsaturated/α-hetero) is 1. The van der Waals surface area contributed by atoms with Crippen molar-refractivity contribution in [1.29, 1.82) is 0 Å². The van der Waals surface area contributed by atoms with Gasteiger partial charge in [-0.3, -0.25) is 9.59 Å². The van der Waals surface area contributed by atoms with Crippen LogP contribution >= 0.6 is 0 Å². The molecule has 0 amide bonds. The molecule has 1 unspecified atom stereocenters. The summed E-state index contributed by atoms with van der Waals surface area (Å²) in [4.78, 5) is 26.9.